The molecule has 0 aromatic carbocycles. The third-order valence-electron chi connectivity index (χ3n) is 6.84. The number of rotatable bonds is 28. The van der Waals surface area contributed by atoms with Crippen molar-refractivity contribution in [2.45, 2.75) is 160 Å². The molecule has 4 nitrogen and oxygen atoms in total. The summed E-state index contributed by atoms with van der Waals surface area (Å²) in [5.74, 6) is -0.0424. The van der Waals surface area contributed by atoms with Gasteiger partial charge in [-0.2, -0.15) is 0 Å². The average molecular weight is 533 g/mol. The van der Waals surface area contributed by atoms with Gasteiger partial charge in [-0.3, -0.25) is 9.59 Å². The Kier molecular flexibility index (Phi) is 26.4. The van der Waals surface area contributed by atoms with Gasteiger partial charge in [0.25, 0.3) is 0 Å². The molecule has 0 saturated carbocycles. The second kappa shape index (κ2) is 26.7. The first-order chi connectivity index (χ1) is 17.0. The fourth-order valence-electron chi connectivity index (χ4n) is 4.64. The van der Waals surface area contributed by atoms with E-state index in [1.54, 1.807) is 10.8 Å². The van der Waals surface area contributed by atoms with E-state index in [9.17, 15) is 14.7 Å². The monoisotopic (exact) mass is 532 g/mol. The Morgan fingerprint density at radius 2 is 1.00 bits per heavy atom. The lowest BCUT2D eigenvalue weighted by atomic mass is 9.89. The SMILES string of the molecule is CCCCCCCCCCC(CCCCCCCCCC)C(CCC(=O)O)SSCCCC(=O)O. The predicted molar refractivity (Wildman–Crippen MR) is 156 cm³/mol. The molecule has 1 atom stereocenters. The van der Waals surface area contributed by atoms with E-state index in [-0.39, 0.29) is 12.8 Å². The molecular weight excluding hydrogens is 476 g/mol. The third-order valence-corrected chi connectivity index (χ3v) is 9.94. The number of carboxylic acids is 2. The Labute approximate surface area is 225 Å². The van der Waals surface area contributed by atoms with E-state index in [0.29, 0.717) is 17.6 Å². The van der Waals surface area contributed by atoms with Crippen molar-refractivity contribution in [2.75, 3.05) is 5.75 Å². The summed E-state index contributed by atoms with van der Waals surface area (Å²) < 4.78 is 0. The smallest absolute Gasteiger partial charge is 0.303 e. The third kappa shape index (κ3) is 25.1. The minimum atomic E-state index is -0.736. The maximum atomic E-state index is 11.3. The fraction of sp³-hybridized carbons (Fsp3) is 0.931. The summed E-state index contributed by atoms with van der Waals surface area (Å²) in [6.07, 6.45) is 25.5. The normalized spacial score (nSPS) is 12.3. The molecule has 0 aromatic rings. The molecule has 35 heavy (non-hydrogen) atoms. The van der Waals surface area contributed by atoms with Gasteiger partial charge in [0.15, 0.2) is 0 Å². The minimum Gasteiger partial charge on any atom is -0.481 e. The van der Waals surface area contributed by atoms with E-state index in [2.05, 4.69) is 13.8 Å². The molecule has 208 valence electrons. The van der Waals surface area contributed by atoms with Crippen LogP contribution in [0.3, 0.4) is 0 Å². The molecular formula is C29H56O4S2. The summed E-state index contributed by atoms with van der Waals surface area (Å²) in [6.45, 7) is 4.52. The largest absolute Gasteiger partial charge is 0.481 e. The predicted octanol–water partition coefficient (Wildman–Crippen LogP) is 10.1. The highest BCUT2D eigenvalue weighted by atomic mass is 33.1. The maximum Gasteiger partial charge on any atom is 0.303 e. The van der Waals surface area contributed by atoms with Crippen LogP contribution in [0.4, 0.5) is 0 Å². The van der Waals surface area contributed by atoms with Crippen molar-refractivity contribution >= 4 is 33.5 Å². The van der Waals surface area contributed by atoms with Crippen LogP contribution in [0, 0.1) is 5.92 Å². The van der Waals surface area contributed by atoms with Crippen LogP contribution in [-0.2, 0) is 9.59 Å². The zero-order valence-electron chi connectivity index (χ0n) is 22.9. The Morgan fingerprint density at radius 1 is 0.571 bits per heavy atom. The summed E-state index contributed by atoms with van der Waals surface area (Å²) in [6, 6.07) is 0. The van der Waals surface area contributed by atoms with Gasteiger partial charge in [-0.25, -0.2) is 0 Å². The van der Waals surface area contributed by atoms with E-state index in [1.165, 1.54) is 116 Å². The highest BCUT2D eigenvalue weighted by molar-refractivity contribution is 8.76. The van der Waals surface area contributed by atoms with Crippen molar-refractivity contribution in [3.8, 4) is 0 Å². The number of hydrogen-bond acceptors (Lipinski definition) is 4. The lowest BCUT2D eigenvalue weighted by Crippen LogP contribution is -2.19. The Balaban J connectivity index is 4.61. The topological polar surface area (TPSA) is 74.6 Å². The highest BCUT2D eigenvalue weighted by Crippen LogP contribution is 2.39. The van der Waals surface area contributed by atoms with Crippen LogP contribution in [-0.4, -0.2) is 33.2 Å². The van der Waals surface area contributed by atoms with Gasteiger partial charge in [0.1, 0.15) is 0 Å². The molecule has 2 N–H and O–H groups in total. The van der Waals surface area contributed by atoms with Crippen LogP contribution in [0.25, 0.3) is 0 Å². The van der Waals surface area contributed by atoms with Gasteiger partial charge in [0.05, 0.1) is 0 Å². The first-order valence-electron chi connectivity index (χ1n) is 14.7. The van der Waals surface area contributed by atoms with E-state index in [4.69, 9.17) is 5.11 Å². The summed E-state index contributed by atoms with van der Waals surface area (Å²) in [4.78, 5) is 22.1. The van der Waals surface area contributed by atoms with Crippen LogP contribution in [0.1, 0.15) is 155 Å². The summed E-state index contributed by atoms with van der Waals surface area (Å²) in [5.41, 5.74) is 0. The molecule has 0 aliphatic heterocycles. The first-order valence-corrected chi connectivity index (χ1v) is 17.1. The molecule has 0 amide bonds. The molecule has 0 aliphatic rings. The quantitative estimate of drug-likeness (QED) is 0.0771. The van der Waals surface area contributed by atoms with Crippen molar-refractivity contribution in [3.63, 3.8) is 0 Å². The lowest BCUT2D eigenvalue weighted by Gasteiger charge is -2.26. The van der Waals surface area contributed by atoms with Gasteiger partial charge < -0.3 is 10.2 Å². The second-order valence-corrected chi connectivity index (χ2v) is 12.9. The summed E-state index contributed by atoms with van der Waals surface area (Å²) in [7, 11) is 3.59. The maximum absolute atomic E-state index is 11.3. The van der Waals surface area contributed by atoms with Crippen LogP contribution in [0.5, 0.6) is 0 Å². The molecule has 0 fully saturated rings. The van der Waals surface area contributed by atoms with Crippen LogP contribution in [0.15, 0.2) is 0 Å². The summed E-state index contributed by atoms with van der Waals surface area (Å²) >= 11 is 0. The van der Waals surface area contributed by atoms with Crippen molar-refractivity contribution in [1.29, 1.82) is 0 Å². The number of unbranched alkanes of at least 4 members (excludes halogenated alkanes) is 14. The van der Waals surface area contributed by atoms with E-state index >= 15 is 0 Å². The zero-order valence-corrected chi connectivity index (χ0v) is 24.6. The molecule has 0 rings (SSSR count). The Hall–Kier alpha value is -0.360. The summed E-state index contributed by atoms with van der Waals surface area (Å²) in [5, 5.41) is 18.5. The molecule has 1 unspecified atom stereocenters. The minimum absolute atomic E-state index is 0.216. The van der Waals surface area contributed by atoms with Gasteiger partial charge in [-0.05, 0) is 31.6 Å². The molecule has 0 aliphatic carbocycles. The van der Waals surface area contributed by atoms with Crippen LogP contribution in [0.2, 0.25) is 0 Å². The molecule has 0 bridgehead atoms. The first kappa shape index (κ1) is 34.6. The molecule has 0 spiro atoms. The van der Waals surface area contributed by atoms with Gasteiger partial charge >= 0.3 is 11.9 Å². The van der Waals surface area contributed by atoms with Crippen LogP contribution < -0.4 is 0 Å². The number of aliphatic carboxylic acids is 2. The lowest BCUT2D eigenvalue weighted by molar-refractivity contribution is -0.138. The van der Waals surface area contributed by atoms with Crippen molar-refractivity contribution in [1.82, 2.24) is 0 Å². The molecule has 0 heterocycles. The van der Waals surface area contributed by atoms with Gasteiger partial charge in [0.2, 0.25) is 0 Å². The average Bonchev–Trinajstić information content (AvgIpc) is 2.82. The van der Waals surface area contributed by atoms with E-state index < -0.39 is 11.9 Å². The fourth-order valence-corrected chi connectivity index (χ4v) is 7.75. The number of carboxylic acid groups (broad SMARTS) is 2. The Morgan fingerprint density at radius 3 is 1.43 bits per heavy atom. The number of hydrogen-bond donors (Lipinski definition) is 2. The highest BCUT2D eigenvalue weighted by Gasteiger charge is 2.23. The van der Waals surface area contributed by atoms with Gasteiger partial charge in [-0.15, -0.1) is 0 Å². The van der Waals surface area contributed by atoms with Crippen molar-refractivity contribution < 1.29 is 19.8 Å². The Bertz CT molecular complexity index is 467. The van der Waals surface area contributed by atoms with E-state index in [1.807, 2.05) is 10.8 Å². The van der Waals surface area contributed by atoms with Gasteiger partial charge in [-0.1, -0.05) is 138 Å². The van der Waals surface area contributed by atoms with Crippen molar-refractivity contribution in [3.05, 3.63) is 0 Å². The molecule has 0 aromatic heterocycles. The molecule has 0 saturated heterocycles. The molecule has 6 heteroatoms. The second-order valence-electron chi connectivity index (χ2n) is 10.2. The van der Waals surface area contributed by atoms with Crippen LogP contribution >= 0.6 is 21.6 Å². The zero-order chi connectivity index (χ0) is 26.0. The van der Waals surface area contributed by atoms with Crippen molar-refractivity contribution in [2.24, 2.45) is 5.92 Å². The number of carbonyl (C=O) groups is 2. The van der Waals surface area contributed by atoms with E-state index in [0.717, 1.165) is 12.2 Å². The standard InChI is InChI=1S/C29H56O4S2/c1-3-5-7-9-11-13-15-17-20-26(21-18-16-14-12-10-8-6-4-2)27(23-24-29(32)33)35-34-25-19-22-28(30)31/h26-27H,3-25H2,1-2H3,(H,30,31)(H,32,33). The molecule has 0 radical (unpaired) electrons. The van der Waals surface area contributed by atoms with Gasteiger partial charge in [0, 0.05) is 23.8 Å².